The van der Waals surface area contributed by atoms with E-state index in [1.807, 2.05) is 12.3 Å². The van der Waals surface area contributed by atoms with E-state index in [0.29, 0.717) is 25.4 Å². The molecule has 5 heteroatoms. The van der Waals surface area contributed by atoms with Gasteiger partial charge in [-0.1, -0.05) is 30.3 Å². The lowest BCUT2D eigenvalue weighted by atomic mass is 9.72. The highest BCUT2D eigenvalue weighted by Gasteiger charge is 2.40. The predicted molar refractivity (Wildman–Crippen MR) is 115 cm³/mol. The van der Waals surface area contributed by atoms with E-state index < -0.39 is 0 Å². The molecule has 0 bridgehead atoms. The van der Waals surface area contributed by atoms with Crippen LogP contribution in [0.1, 0.15) is 42.4 Å². The average molecular weight is 393 g/mol. The van der Waals surface area contributed by atoms with Crippen LogP contribution in [0, 0.1) is 5.41 Å². The highest BCUT2D eigenvalue weighted by atomic mass is 16.2. The Kier molecular flexibility index (Phi) is 6.26. The molecule has 2 fully saturated rings. The Hall–Kier alpha value is -2.24. The number of likely N-dealkylation sites (tertiary alicyclic amines) is 2. The molecule has 2 aromatic rings. The van der Waals surface area contributed by atoms with Crippen LogP contribution < -0.4 is 5.73 Å². The number of piperidine rings is 2. The maximum atomic E-state index is 12.5. The van der Waals surface area contributed by atoms with Crippen molar-refractivity contribution >= 4 is 5.91 Å². The molecule has 154 valence electrons. The van der Waals surface area contributed by atoms with E-state index in [0.717, 1.165) is 44.6 Å². The molecule has 5 nitrogen and oxygen atoms in total. The van der Waals surface area contributed by atoms with Crippen LogP contribution in [-0.4, -0.2) is 46.9 Å². The topological polar surface area (TPSA) is 62.5 Å². The van der Waals surface area contributed by atoms with E-state index in [9.17, 15) is 4.79 Å². The van der Waals surface area contributed by atoms with Crippen LogP contribution in [-0.2, 0) is 24.3 Å². The smallest absolute Gasteiger partial charge is 0.222 e. The molecule has 0 radical (unpaired) electrons. The van der Waals surface area contributed by atoms with Crippen molar-refractivity contribution in [1.82, 2.24) is 14.8 Å². The summed E-state index contributed by atoms with van der Waals surface area (Å²) in [6.45, 7) is 5.50. The summed E-state index contributed by atoms with van der Waals surface area (Å²) in [4.78, 5) is 21.3. The molecule has 4 rings (SSSR count). The summed E-state index contributed by atoms with van der Waals surface area (Å²) in [6.07, 6.45) is 8.66. The Balaban J connectivity index is 1.34. The SMILES string of the molecule is NCCc1cccc(CN2CCC3(CCC(=O)N(Cc4cccnc4)C3)CC2)c1. The van der Waals surface area contributed by atoms with E-state index >= 15 is 0 Å². The normalized spacial score (nSPS) is 19.6. The number of aromatic nitrogens is 1. The number of carbonyl (C=O) groups excluding carboxylic acids is 1. The van der Waals surface area contributed by atoms with Crippen molar-refractivity contribution in [3.63, 3.8) is 0 Å². The van der Waals surface area contributed by atoms with Crippen molar-refractivity contribution in [2.45, 2.75) is 45.2 Å². The summed E-state index contributed by atoms with van der Waals surface area (Å²) >= 11 is 0. The van der Waals surface area contributed by atoms with Gasteiger partial charge in [-0.15, -0.1) is 0 Å². The number of rotatable bonds is 6. The summed E-state index contributed by atoms with van der Waals surface area (Å²) in [6, 6.07) is 12.8. The number of hydrogen-bond donors (Lipinski definition) is 1. The molecule has 1 spiro atoms. The number of nitrogens with two attached hydrogens (primary N) is 1. The third-order valence-corrected chi connectivity index (χ3v) is 6.59. The van der Waals surface area contributed by atoms with E-state index in [1.54, 1.807) is 6.20 Å². The molecule has 2 saturated heterocycles. The number of nitrogens with zero attached hydrogens (tertiary/aromatic N) is 3. The second-order valence-corrected chi connectivity index (χ2v) is 8.75. The Morgan fingerprint density at radius 2 is 1.79 bits per heavy atom. The number of benzene rings is 1. The van der Waals surface area contributed by atoms with Crippen LogP contribution in [0.3, 0.4) is 0 Å². The molecule has 0 aliphatic carbocycles. The minimum Gasteiger partial charge on any atom is -0.338 e. The van der Waals surface area contributed by atoms with Gasteiger partial charge in [0.05, 0.1) is 0 Å². The first-order chi connectivity index (χ1) is 14.2. The van der Waals surface area contributed by atoms with Gasteiger partial charge in [0.1, 0.15) is 0 Å². The summed E-state index contributed by atoms with van der Waals surface area (Å²) in [5.41, 5.74) is 9.81. The molecule has 1 amide bonds. The maximum Gasteiger partial charge on any atom is 0.222 e. The Morgan fingerprint density at radius 3 is 2.55 bits per heavy atom. The fraction of sp³-hybridized carbons (Fsp3) is 0.500. The van der Waals surface area contributed by atoms with E-state index in [4.69, 9.17) is 5.73 Å². The maximum absolute atomic E-state index is 12.5. The third kappa shape index (κ3) is 5.03. The van der Waals surface area contributed by atoms with Gasteiger partial charge < -0.3 is 10.6 Å². The Labute approximate surface area is 173 Å². The summed E-state index contributed by atoms with van der Waals surface area (Å²) in [7, 11) is 0. The number of amides is 1. The van der Waals surface area contributed by atoms with Crippen LogP contribution in [0.5, 0.6) is 0 Å². The minimum absolute atomic E-state index is 0.286. The number of pyridine rings is 1. The number of hydrogen-bond acceptors (Lipinski definition) is 4. The van der Waals surface area contributed by atoms with Crippen molar-refractivity contribution < 1.29 is 4.79 Å². The summed E-state index contributed by atoms with van der Waals surface area (Å²) in [5.74, 6) is 0.290. The van der Waals surface area contributed by atoms with Crippen LogP contribution in [0.2, 0.25) is 0 Å². The van der Waals surface area contributed by atoms with Crippen LogP contribution in [0.4, 0.5) is 0 Å². The summed E-state index contributed by atoms with van der Waals surface area (Å²) in [5, 5.41) is 0. The highest BCUT2D eigenvalue weighted by molar-refractivity contribution is 5.77. The third-order valence-electron chi connectivity index (χ3n) is 6.59. The second-order valence-electron chi connectivity index (χ2n) is 8.75. The van der Waals surface area contributed by atoms with Gasteiger partial charge in [-0.3, -0.25) is 14.7 Å². The van der Waals surface area contributed by atoms with Crippen molar-refractivity contribution in [2.24, 2.45) is 11.1 Å². The van der Waals surface area contributed by atoms with Crippen LogP contribution in [0.15, 0.2) is 48.8 Å². The predicted octanol–water partition coefficient (Wildman–Crippen LogP) is 2.99. The van der Waals surface area contributed by atoms with Crippen LogP contribution in [0.25, 0.3) is 0 Å². The zero-order chi connectivity index (χ0) is 20.1. The Bertz CT molecular complexity index is 815. The molecule has 3 heterocycles. The van der Waals surface area contributed by atoms with Gasteiger partial charge in [0, 0.05) is 38.4 Å². The quantitative estimate of drug-likeness (QED) is 0.821. The molecule has 0 saturated carbocycles. The van der Waals surface area contributed by atoms with Gasteiger partial charge in [0.15, 0.2) is 0 Å². The molecule has 2 aliphatic rings. The van der Waals surface area contributed by atoms with Crippen molar-refractivity contribution in [2.75, 3.05) is 26.2 Å². The lowest BCUT2D eigenvalue weighted by Crippen LogP contribution is -2.51. The lowest BCUT2D eigenvalue weighted by Gasteiger charge is -2.47. The van der Waals surface area contributed by atoms with E-state index in [-0.39, 0.29) is 5.41 Å². The van der Waals surface area contributed by atoms with E-state index in [1.165, 1.54) is 24.0 Å². The highest BCUT2D eigenvalue weighted by Crippen LogP contribution is 2.40. The first kappa shape index (κ1) is 20.0. The van der Waals surface area contributed by atoms with Gasteiger partial charge in [-0.2, -0.15) is 0 Å². The molecule has 29 heavy (non-hydrogen) atoms. The zero-order valence-electron chi connectivity index (χ0n) is 17.2. The fourth-order valence-corrected chi connectivity index (χ4v) is 4.86. The van der Waals surface area contributed by atoms with Crippen molar-refractivity contribution in [3.05, 3.63) is 65.5 Å². The molecule has 1 aromatic carbocycles. The van der Waals surface area contributed by atoms with Crippen molar-refractivity contribution in [3.8, 4) is 0 Å². The van der Waals surface area contributed by atoms with Gasteiger partial charge >= 0.3 is 0 Å². The Morgan fingerprint density at radius 1 is 1.00 bits per heavy atom. The van der Waals surface area contributed by atoms with Gasteiger partial charge in [0.2, 0.25) is 5.91 Å². The van der Waals surface area contributed by atoms with Gasteiger partial charge in [-0.05, 0) is 73.5 Å². The van der Waals surface area contributed by atoms with Crippen molar-refractivity contribution in [1.29, 1.82) is 0 Å². The monoisotopic (exact) mass is 392 g/mol. The molecule has 1 aromatic heterocycles. The summed E-state index contributed by atoms with van der Waals surface area (Å²) < 4.78 is 0. The molecule has 2 N–H and O–H groups in total. The molecule has 0 unspecified atom stereocenters. The van der Waals surface area contributed by atoms with E-state index in [2.05, 4.69) is 45.1 Å². The molecule has 2 aliphatic heterocycles. The zero-order valence-corrected chi connectivity index (χ0v) is 17.2. The second kappa shape index (κ2) is 9.06. The molecular formula is C24H32N4O. The largest absolute Gasteiger partial charge is 0.338 e. The standard InChI is InChI=1S/C24H32N4O/c25-11-7-20-3-1-4-21(15-20)17-27-13-9-24(10-14-27)8-6-23(29)28(19-24)18-22-5-2-12-26-16-22/h1-5,12,15-16H,6-11,13-14,17-19,25H2. The first-order valence-corrected chi connectivity index (χ1v) is 10.8. The molecular weight excluding hydrogens is 360 g/mol. The first-order valence-electron chi connectivity index (χ1n) is 10.8. The van der Waals surface area contributed by atoms with Gasteiger partial charge in [0.25, 0.3) is 0 Å². The van der Waals surface area contributed by atoms with Crippen LogP contribution >= 0.6 is 0 Å². The lowest BCUT2D eigenvalue weighted by molar-refractivity contribution is -0.140. The fourth-order valence-electron chi connectivity index (χ4n) is 4.86. The molecule has 0 atom stereocenters. The van der Waals surface area contributed by atoms with Gasteiger partial charge in [-0.25, -0.2) is 0 Å². The average Bonchev–Trinajstić information content (AvgIpc) is 2.74. The number of carbonyl (C=O) groups is 1. The minimum atomic E-state index is 0.286.